The summed E-state index contributed by atoms with van der Waals surface area (Å²) in [7, 11) is 0. The first kappa shape index (κ1) is 13.0. The van der Waals surface area contributed by atoms with Gasteiger partial charge < -0.3 is 9.84 Å². The van der Waals surface area contributed by atoms with Crippen molar-refractivity contribution in [2.45, 2.75) is 57.5 Å². The molecule has 1 atom stereocenters. The number of ether oxygens (including phenoxy) is 1. The monoisotopic (exact) mass is 260 g/mol. The fourth-order valence-corrected chi connectivity index (χ4v) is 3.41. The highest BCUT2D eigenvalue weighted by atomic mass is 16.5. The number of aliphatic hydroxyl groups is 1. The molecule has 0 saturated heterocycles. The van der Waals surface area contributed by atoms with Gasteiger partial charge in [-0.25, -0.2) is 0 Å². The van der Waals surface area contributed by atoms with Crippen LogP contribution in [-0.4, -0.2) is 11.7 Å². The third-order valence-corrected chi connectivity index (χ3v) is 4.61. The van der Waals surface area contributed by atoms with Gasteiger partial charge in [-0.1, -0.05) is 25.3 Å². The van der Waals surface area contributed by atoms with E-state index in [2.05, 4.69) is 18.2 Å². The second kappa shape index (κ2) is 5.96. The van der Waals surface area contributed by atoms with E-state index in [0.29, 0.717) is 0 Å². The van der Waals surface area contributed by atoms with Crippen LogP contribution in [0.25, 0.3) is 0 Å². The van der Waals surface area contributed by atoms with E-state index in [-0.39, 0.29) is 6.10 Å². The highest BCUT2D eigenvalue weighted by molar-refractivity contribution is 5.38. The molecule has 0 spiro atoms. The van der Waals surface area contributed by atoms with Crippen LogP contribution in [0.4, 0.5) is 0 Å². The third-order valence-electron chi connectivity index (χ3n) is 4.61. The lowest BCUT2D eigenvalue weighted by Gasteiger charge is -2.24. The first-order valence-electron chi connectivity index (χ1n) is 7.76. The number of aryl methyl sites for hydroxylation is 1. The topological polar surface area (TPSA) is 29.5 Å². The fourth-order valence-electron chi connectivity index (χ4n) is 3.41. The molecule has 2 nitrogen and oxygen atoms in total. The Bertz CT molecular complexity index is 421. The minimum absolute atomic E-state index is 0.290. The zero-order chi connectivity index (χ0) is 13.1. The zero-order valence-electron chi connectivity index (χ0n) is 11.6. The number of aliphatic hydroxyl groups excluding tert-OH is 1. The van der Waals surface area contributed by atoms with Crippen molar-refractivity contribution in [3.63, 3.8) is 0 Å². The number of rotatable bonds is 3. The average Bonchev–Trinajstić information content (AvgIpc) is 2.47. The molecule has 0 aromatic heterocycles. The summed E-state index contributed by atoms with van der Waals surface area (Å²) < 4.78 is 5.95. The van der Waals surface area contributed by atoms with Gasteiger partial charge in [0, 0.05) is 0 Å². The molecule has 1 fully saturated rings. The highest BCUT2D eigenvalue weighted by Gasteiger charge is 2.19. The number of hydrogen-bond acceptors (Lipinski definition) is 2. The number of hydrogen-bond donors (Lipinski definition) is 1. The van der Waals surface area contributed by atoms with Gasteiger partial charge in [-0.3, -0.25) is 0 Å². The van der Waals surface area contributed by atoms with E-state index in [1.54, 1.807) is 0 Å². The molecule has 0 heterocycles. The Hall–Kier alpha value is -1.02. The predicted octanol–water partition coefficient (Wildman–Crippen LogP) is 4.02. The summed E-state index contributed by atoms with van der Waals surface area (Å²) in [5.74, 6) is 1.67. The molecule has 1 N–H and O–H groups in total. The largest absolute Gasteiger partial charge is 0.493 e. The van der Waals surface area contributed by atoms with Gasteiger partial charge in [-0.2, -0.15) is 0 Å². The van der Waals surface area contributed by atoms with Crippen molar-refractivity contribution < 1.29 is 9.84 Å². The van der Waals surface area contributed by atoms with Crippen LogP contribution in [0.1, 0.15) is 62.2 Å². The summed E-state index contributed by atoms with van der Waals surface area (Å²) >= 11 is 0. The van der Waals surface area contributed by atoms with Crippen LogP contribution in [0.3, 0.4) is 0 Å². The molecule has 0 radical (unpaired) electrons. The SMILES string of the molecule is OC1CCCc2ccc(OCC3CCCCC3)cc21. The second-order valence-electron chi connectivity index (χ2n) is 6.08. The maximum Gasteiger partial charge on any atom is 0.119 e. The molecule has 1 saturated carbocycles. The first-order chi connectivity index (χ1) is 9.33. The molecule has 1 unspecified atom stereocenters. The summed E-state index contributed by atoms with van der Waals surface area (Å²) in [5, 5.41) is 10.0. The normalized spacial score (nSPS) is 23.9. The molecule has 19 heavy (non-hydrogen) atoms. The minimum Gasteiger partial charge on any atom is -0.493 e. The van der Waals surface area contributed by atoms with Crippen molar-refractivity contribution in [3.8, 4) is 5.75 Å². The molecule has 1 aromatic rings. The predicted molar refractivity (Wildman–Crippen MR) is 76.4 cm³/mol. The third kappa shape index (κ3) is 3.11. The summed E-state index contributed by atoms with van der Waals surface area (Å²) in [5.41, 5.74) is 2.39. The molecule has 2 aliphatic carbocycles. The van der Waals surface area contributed by atoms with Crippen molar-refractivity contribution >= 4 is 0 Å². The Morgan fingerprint density at radius 3 is 2.74 bits per heavy atom. The first-order valence-corrected chi connectivity index (χ1v) is 7.76. The Kier molecular flexibility index (Phi) is 4.07. The van der Waals surface area contributed by atoms with E-state index in [9.17, 15) is 5.11 Å². The maximum atomic E-state index is 10.0. The summed E-state index contributed by atoms with van der Waals surface area (Å²) in [4.78, 5) is 0. The van der Waals surface area contributed by atoms with E-state index in [1.807, 2.05) is 0 Å². The summed E-state index contributed by atoms with van der Waals surface area (Å²) in [6, 6.07) is 6.26. The smallest absolute Gasteiger partial charge is 0.119 e. The van der Waals surface area contributed by atoms with Gasteiger partial charge in [0.05, 0.1) is 12.7 Å². The molecular formula is C17H24O2. The Labute approximate surface area is 115 Å². The lowest BCUT2D eigenvalue weighted by atomic mass is 9.89. The van der Waals surface area contributed by atoms with Gasteiger partial charge in [0.15, 0.2) is 0 Å². The van der Waals surface area contributed by atoms with E-state index in [0.717, 1.165) is 43.1 Å². The van der Waals surface area contributed by atoms with Crippen LogP contribution in [0.15, 0.2) is 18.2 Å². The molecule has 1 aromatic carbocycles. The zero-order valence-corrected chi connectivity index (χ0v) is 11.6. The molecule has 0 bridgehead atoms. The molecule has 2 heteroatoms. The quantitative estimate of drug-likeness (QED) is 0.889. The Balaban J connectivity index is 1.63. The van der Waals surface area contributed by atoms with Crippen LogP contribution in [0.5, 0.6) is 5.75 Å². The van der Waals surface area contributed by atoms with Crippen molar-refractivity contribution in [2.24, 2.45) is 5.92 Å². The Morgan fingerprint density at radius 2 is 1.89 bits per heavy atom. The summed E-state index contributed by atoms with van der Waals surface area (Å²) in [6.45, 7) is 0.842. The van der Waals surface area contributed by atoms with Gasteiger partial charge in [0.2, 0.25) is 0 Å². The van der Waals surface area contributed by atoms with Gasteiger partial charge in [0.1, 0.15) is 5.75 Å². The lowest BCUT2D eigenvalue weighted by Crippen LogP contribution is -2.16. The van der Waals surface area contributed by atoms with Crippen LogP contribution < -0.4 is 4.74 Å². The molecular weight excluding hydrogens is 236 g/mol. The Morgan fingerprint density at radius 1 is 1.05 bits per heavy atom. The number of fused-ring (bicyclic) bond motifs is 1. The van der Waals surface area contributed by atoms with Gasteiger partial charge in [-0.15, -0.1) is 0 Å². The van der Waals surface area contributed by atoms with E-state index in [4.69, 9.17) is 4.74 Å². The maximum absolute atomic E-state index is 10.0. The van der Waals surface area contributed by atoms with Gasteiger partial charge >= 0.3 is 0 Å². The van der Waals surface area contributed by atoms with Crippen molar-refractivity contribution in [3.05, 3.63) is 29.3 Å². The fraction of sp³-hybridized carbons (Fsp3) is 0.647. The van der Waals surface area contributed by atoms with Crippen molar-refractivity contribution in [2.75, 3.05) is 6.61 Å². The lowest BCUT2D eigenvalue weighted by molar-refractivity contribution is 0.155. The van der Waals surface area contributed by atoms with Crippen LogP contribution in [-0.2, 0) is 6.42 Å². The van der Waals surface area contributed by atoms with Crippen LogP contribution in [0.2, 0.25) is 0 Å². The van der Waals surface area contributed by atoms with E-state index < -0.39 is 0 Å². The molecule has 2 aliphatic rings. The van der Waals surface area contributed by atoms with Crippen LogP contribution in [0, 0.1) is 5.92 Å². The van der Waals surface area contributed by atoms with Crippen LogP contribution >= 0.6 is 0 Å². The van der Waals surface area contributed by atoms with E-state index >= 15 is 0 Å². The molecule has 3 rings (SSSR count). The average molecular weight is 260 g/mol. The molecule has 0 amide bonds. The number of benzene rings is 1. The van der Waals surface area contributed by atoms with Crippen molar-refractivity contribution in [1.82, 2.24) is 0 Å². The highest BCUT2D eigenvalue weighted by Crippen LogP contribution is 2.32. The minimum atomic E-state index is -0.290. The van der Waals surface area contributed by atoms with E-state index in [1.165, 1.54) is 37.7 Å². The summed E-state index contributed by atoms with van der Waals surface area (Å²) in [6.07, 6.45) is 9.52. The standard InChI is InChI=1S/C17H24O2/c18-17-8-4-7-14-9-10-15(11-16(14)17)19-12-13-5-2-1-3-6-13/h9-11,13,17-18H,1-8,12H2. The van der Waals surface area contributed by atoms with Gasteiger partial charge in [0.25, 0.3) is 0 Å². The molecule has 0 aliphatic heterocycles. The van der Waals surface area contributed by atoms with Crippen molar-refractivity contribution in [1.29, 1.82) is 0 Å². The second-order valence-corrected chi connectivity index (χ2v) is 6.08. The molecule has 104 valence electrons. The van der Waals surface area contributed by atoms with Gasteiger partial charge in [-0.05, 0) is 61.3 Å².